The average Bonchev–Trinajstić information content (AvgIpc) is 3.39. The van der Waals surface area contributed by atoms with E-state index >= 15 is 0 Å². The van der Waals surface area contributed by atoms with Gasteiger partial charge >= 0.3 is 0 Å². The summed E-state index contributed by atoms with van der Waals surface area (Å²) in [5.41, 5.74) is 0.328. The fourth-order valence-corrected chi connectivity index (χ4v) is 4.14. The van der Waals surface area contributed by atoms with Crippen molar-refractivity contribution in [1.82, 2.24) is 19.9 Å². The van der Waals surface area contributed by atoms with Gasteiger partial charge in [0.05, 0.1) is 0 Å². The summed E-state index contributed by atoms with van der Waals surface area (Å²) in [5, 5.41) is 7.92. The van der Waals surface area contributed by atoms with Crippen LogP contribution in [0.15, 0.2) is 29.2 Å². The van der Waals surface area contributed by atoms with Crippen molar-refractivity contribution in [2.45, 2.75) is 33.2 Å². The van der Waals surface area contributed by atoms with Crippen molar-refractivity contribution in [3.05, 3.63) is 45.9 Å². The van der Waals surface area contributed by atoms with Crippen LogP contribution in [0.4, 0.5) is 5.13 Å². The van der Waals surface area contributed by atoms with Crippen LogP contribution in [0.1, 0.15) is 42.6 Å². The fourth-order valence-electron chi connectivity index (χ4n) is 3.23. The summed E-state index contributed by atoms with van der Waals surface area (Å²) in [7, 11) is 0. The van der Waals surface area contributed by atoms with Crippen LogP contribution in [-0.4, -0.2) is 40.4 Å². The molecule has 3 heterocycles. The molecule has 1 aromatic carbocycles. The lowest BCUT2D eigenvalue weighted by Crippen LogP contribution is -2.31. The Morgan fingerprint density at radius 3 is 2.77 bits per heavy atom. The van der Waals surface area contributed by atoms with E-state index in [2.05, 4.69) is 34.1 Å². The van der Waals surface area contributed by atoms with Crippen molar-refractivity contribution in [3.63, 3.8) is 0 Å². The van der Waals surface area contributed by atoms with Gasteiger partial charge in [-0.15, -0.1) is 5.10 Å². The summed E-state index contributed by atoms with van der Waals surface area (Å²) in [6.45, 7) is 6.35. The Kier molecular flexibility index (Phi) is 5.84. The molecule has 30 heavy (non-hydrogen) atoms. The smallest absolute Gasteiger partial charge is 0.288 e. The van der Waals surface area contributed by atoms with Crippen molar-refractivity contribution in [3.8, 4) is 11.5 Å². The molecule has 0 saturated carbocycles. The molecule has 0 saturated heterocycles. The monoisotopic (exact) mass is 429 g/mol. The molecule has 0 fully saturated rings. The largest absolute Gasteiger partial charge is 0.454 e. The second kappa shape index (κ2) is 8.70. The predicted molar refractivity (Wildman–Crippen MR) is 114 cm³/mol. The number of benzene rings is 1. The van der Waals surface area contributed by atoms with Gasteiger partial charge in [-0.2, -0.15) is 4.52 Å². The van der Waals surface area contributed by atoms with Crippen LogP contribution in [0.2, 0.25) is 0 Å². The standard InChI is InChI=1S/C20H23N5O4S/c1-3-7-24(8-4-2)20-23-25-18(27)14(11-22-19(25)30-20)17(26)21-10-13-5-6-15-16(9-13)29-12-28-15/h5-6,9,11H,3-4,7-8,10,12H2,1-2H3,(H,21,26). The molecule has 9 nitrogen and oxygen atoms in total. The zero-order chi connectivity index (χ0) is 21.1. The Morgan fingerprint density at radius 2 is 2.00 bits per heavy atom. The van der Waals surface area contributed by atoms with Crippen molar-refractivity contribution in [1.29, 1.82) is 0 Å². The SMILES string of the molecule is CCCN(CCC)c1nn2c(=O)c(C(=O)NCc3ccc4c(c3)OCO4)cnc2s1. The topological polar surface area (TPSA) is 98.1 Å². The highest BCUT2D eigenvalue weighted by Gasteiger charge is 2.19. The molecular weight excluding hydrogens is 406 g/mol. The lowest BCUT2D eigenvalue weighted by atomic mass is 10.2. The Morgan fingerprint density at radius 1 is 1.23 bits per heavy atom. The van der Waals surface area contributed by atoms with Gasteiger partial charge in [-0.25, -0.2) is 4.98 Å². The second-order valence-corrected chi connectivity index (χ2v) is 7.85. The first-order chi connectivity index (χ1) is 14.6. The quantitative estimate of drug-likeness (QED) is 0.587. The molecular formula is C20H23N5O4S. The van der Waals surface area contributed by atoms with Gasteiger partial charge in [0.2, 0.25) is 16.9 Å². The predicted octanol–water partition coefficient (Wildman–Crippen LogP) is 2.44. The maximum atomic E-state index is 12.8. The van der Waals surface area contributed by atoms with E-state index in [1.165, 1.54) is 22.0 Å². The van der Waals surface area contributed by atoms with Crippen LogP contribution in [0.5, 0.6) is 11.5 Å². The number of rotatable bonds is 8. The van der Waals surface area contributed by atoms with Gasteiger partial charge in [0.1, 0.15) is 5.56 Å². The van der Waals surface area contributed by atoms with Gasteiger partial charge in [-0.1, -0.05) is 31.3 Å². The van der Waals surface area contributed by atoms with Crippen molar-refractivity contribution in [2.75, 3.05) is 24.8 Å². The summed E-state index contributed by atoms with van der Waals surface area (Å²) in [4.78, 5) is 32.3. The van der Waals surface area contributed by atoms with E-state index in [0.717, 1.165) is 36.6 Å². The van der Waals surface area contributed by atoms with E-state index in [4.69, 9.17) is 9.47 Å². The summed E-state index contributed by atoms with van der Waals surface area (Å²) >= 11 is 1.35. The maximum absolute atomic E-state index is 12.8. The van der Waals surface area contributed by atoms with Crippen LogP contribution in [0.3, 0.4) is 0 Å². The number of hydrogen-bond acceptors (Lipinski definition) is 8. The number of amides is 1. The summed E-state index contributed by atoms with van der Waals surface area (Å²) in [5.74, 6) is 0.828. The highest BCUT2D eigenvalue weighted by molar-refractivity contribution is 7.20. The summed E-state index contributed by atoms with van der Waals surface area (Å²) < 4.78 is 11.8. The molecule has 4 rings (SSSR count). The van der Waals surface area contributed by atoms with Gasteiger partial charge in [-0.05, 0) is 30.5 Å². The molecule has 0 radical (unpaired) electrons. The zero-order valence-corrected chi connectivity index (χ0v) is 17.7. The Hall–Kier alpha value is -3.14. The molecule has 1 aliphatic heterocycles. The first kappa shape index (κ1) is 20.1. The number of aromatic nitrogens is 3. The van der Waals surface area contributed by atoms with E-state index in [9.17, 15) is 9.59 Å². The van der Waals surface area contributed by atoms with Crippen molar-refractivity contribution >= 4 is 27.3 Å². The third-order valence-corrected chi connectivity index (χ3v) is 5.65. The van der Waals surface area contributed by atoms with E-state index in [-0.39, 0.29) is 18.9 Å². The number of hydrogen-bond donors (Lipinski definition) is 1. The number of ether oxygens (including phenoxy) is 2. The van der Waals surface area contributed by atoms with Crippen LogP contribution in [0, 0.1) is 0 Å². The van der Waals surface area contributed by atoms with E-state index in [0.29, 0.717) is 16.5 Å². The number of carbonyl (C=O) groups excluding carboxylic acids is 1. The molecule has 0 spiro atoms. The molecule has 1 amide bonds. The number of carbonyl (C=O) groups is 1. The molecule has 1 aliphatic rings. The van der Waals surface area contributed by atoms with Crippen molar-refractivity contribution < 1.29 is 14.3 Å². The Labute approximate surface area is 177 Å². The fraction of sp³-hybridized carbons (Fsp3) is 0.400. The Bertz CT molecular complexity index is 1120. The number of nitrogens with zero attached hydrogens (tertiary/aromatic N) is 4. The van der Waals surface area contributed by atoms with Gasteiger partial charge in [0.25, 0.3) is 11.5 Å². The lowest BCUT2D eigenvalue weighted by molar-refractivity contribution is 0.0948. The number of nitrogens with one attached hydrogen (secondary N) is 1. The van der Waals surface area contributed by atoms with Crippen LogP contribution >= 0.6 is 11.3 Å². The van der Waals surface area contributed by atoms with Gasteiger partial charge < -0.3 is 19.7 Å². The average molecular weight is 430 g/mol. The third kappa shape index (κ3) is 3.95. The minimum absolute atomic E-state index is 0.0392. The third-order valence-electron chi connectivity index (χ3n) is 4.67. The normalized spacial score (nSPS) is 12.3. The molecule has 0 atom stereocenters. The van der Waals surface area contributed by atoms with Gasteiger partial charge in [-0.3, -0.25) is 9.59 Å². The summed E-state index contributed by atoms with van der Waals surface area (Å²) in [6, 6.07) is 5.44. The Balaban J connectivity index is 1.52. The van der Waals surface area contributed by atoms with Crippen LogP contribution < -0.4 is 25.2 Å². The molecule has 2 aromatic heterocycles. The van der Waals surface area contributed by atoms with E-state index in [1.807, 2.05) is 6.07 Å². The van der Waals surface area contributed by atoms with E-state index in [1.54, 1.807) is 12.1 Å². The lowest BCUT2D eigenvalue weighted by Gasteiger charge is -2.19. The number of anilines is 1. The summed E-state index contributed by atoms with van der Waals surface area (Å²) in [6.07, 6.45) is 3.27. The first-order valence-electron chi connectivity index (χ1n) is 9.91. The minimum atomic E-state index is -0.493. The molecule has 158 valence electrons. The highest BCUT2D eigenvalue weighted by atomic mass is 32.1. The minimum Gasteiger partial charge on any atom is -0.454 e. The van der Waals surface area contributed by atoms with Gasteiger partial charge in [0.15, 0.2) is 11.5 Å². The van der Waals surface area contributed by atoms with Crippen molar-refractivity contribution in [2.24, 2.45) is 0 Å². The number of fused-ring (bicyclic) bond motifs is 2. The van der Waals surface area contributed by atoms with E-state index < -0.39 is 11.5 Å². The first-order valence-corrected chi connectivity index (χ1v) is 10.7. The van der Waals surface area contributed by atoms with Crippen LogP contribution in [0.25, 0.3) is 4.96 Å². The molecule has 0 bridgehead atoms. The van der Waals surface area contributed by atoms with Crippen LogP contribution in [-0.2, 0) is 6.54 Å². The highest BCUT2D eigenvalue weighted by Crippen LogP contribution is 2.32. The molecule has 3 aromatic rings. The molecule has 1 N–H and O–H groups in total. The molecule has 10 heteroatoms. The zero-order valence-electron chi connectivity index (χ0n) is 16.9. The maximum Gasteiger partial charge on any atom is 0.288 e. The van der Waals surface area contributed by atoms with Gasteiger partial charge in [0, 0.05) is 25.8 Å². The second-order valence-electron chi connectivity index (χ2n) is 6.91. The molecule has 0 unspecified atom stereocenters. The molecule has 0 aliphatic carbocycles.